The molecule has 6 nitrogen and oxygen atoms in total. The van der Waals surface area contributed by atoms with Gasteiger partial charge in [-0.25, -0.2) is 9.78 Å². The third kappa shape index (κ3) is 2.55. The Labute approximate surface area is 119 Å². The molecule has 1 unspecified atom stereocenters. The van der Waals surface area contributed by atoms with Gasteiger partial charge in [-0.1, -0.05) is 27.7 Å². The number of methoxy groups -OCH3 is 1. The normalized spacial score (nSPS) is 20.5. The molecule has 1 N–H and O–H groups in total. The molecular formula is C14H22N4O2. The van der Waals surface area contributed by atoms with E-state index >= 15 is 0 Å². The van der Waals surface area contributed by atoms with Crippen molar-refractivity contribution in [2.24, 2.45) is 11.3 Å². The van der Waals surface area contributed by atoms with Crippen LogP contribution in [0.2, 0.25) is 0 Å². The summed E-state index contributed by atoms with van der Waals surface area (Å²) in [6.07, 6.45) is 2.93. The largest absolute Gasteiger partial charge is 0.479 e. The van der Waals surface area contributed by atoms with Gasteiger partial charge in [0.2, 0.25) is 5.88 Å². The number of ether oxygens (including phenoxy) is 1. The van der Waals surface area contributed by atoms with E-state index in [-0.39, 0.29) is 17.5 Å². The highest BCUT2D eigenvalue weighted by Gasteiger charge is 2.49. The van der Waals surface area contributed by atoms with Crippen molar-refractivity contribution in [2.45, 2.75) is 33.7 Å². The lowest BCUT2D eigenvalue weighted by atomic mass is 9.70. The van der Waals surface area contributed by atoms with Crippen LogP contribution < -0.4 is 10.1 Å². The second-order valence-corrected chi connectivity index (χ2v) is 6.18. The molecule has 1 atom stereocenters. The Hall–Kier alpha value is -1.85. The Morgan fingerprint density at radius 2 is 2.25 bits per heavy atom. The van der Waals surface area contributed by atoms with Gasteiger partial charge in [0.05, 0.1) is 13.3 Å². The monoisotopic (exact) mass is 278 g/mol. The van der Waals surface area contributed by atoms with Crippen molar-refractivity contribution in [1.29, 1.82) is 0 Å². The first-order valence-corrected chi connectivity index (χ1v) is 6.78. The van der Waals surface area contributed by atoms with Crippen LogP contribution in [0.25, 0.3) is 0 Å². The average Bonchev–Trinajstić information content (AvgIpc) is 2.36. The highest BCUT2D eigenvalue weighted by atomic mass is 16.5. The van der Waals surface area contributed by atoms with E-state index < -0.39 is 0 Å². The predicted octanol–water partition coefficient (Wildman–Crippen LogP) is 2.38. The zero-order valence-electron chi connectivity index (χ0n) is 12.7. The zero-order chi connectivity index (χ0) is 14.9. The zero-order valence-corrected chi connectivity index (χ0v) is 12.7. The molecule has 1 aliphatic rings. The molecule has 2 heterocycles. The van der Waals surface area contributed by atoms with Crippen LogP contribution in [0, 0.1) is 11.3 Å². The molecule has 6 heteroatoms. The van der Waals surface area contributed by atoms with Crippen molar-refractivity contribution in [3.63, 3.8) is 0 Å². The number of carbonyl (C=O) groups is 1. The summed E-state index contributed by atoms with van der Waals surface area (Å²) in [6, 6.07) is 0.106. The lowest BCUT2D eigenvalue weighted by molar-refractivity contribution is -0.0363. The highest BCUT2D eigenvalue weighted by Crippen LogP contribution is 2.41. The lowest BCUT2D eigenvalue weighted by Gasteiger charge is -2.56. The highest BCUT2D eigenvalue weighted by molar-refractivity contribution is 5.91. The third-order valence-electron chi connectivity index (χ3n) is 3.72. The number of hydrogen-bond donors (Lipinski definition) is 1. The second-order valence-electron chi connectivity index (χ2n) is 6.18. The van der Waals surface area contributed by atoms with Gasteiger partial charge in [-0.3, -0.25) is 0 Å². The van der Waals surface area contributed by atoms with Gasteiger partial charge in [0, 0.05) is 18.0 Å². The second kappa shape index (κ2) is 5.26. The molecule has 1 saturated heterocycles. The van der Waals surface area contributed by atoms with E-state index in [1.54, 1.807) is 6.20 Å². The minimum atomic E-state index is -0.129. The smallest absolute Gasteiger partial charge is 0.322 e. The molecule has 1 aromatic rings. The first-order chi connectivity index (χ1) is 9.36. The van der Waals surface area contributed by atoms with Crippen molar-refractivity contribution >= 4 is 11.7 Å². The summed E-state index contributed by atoms with van der Waals surface area (Å²) in [7, 11) is 1.52. The standard InChI is InChI=1S/C14H22N4O2/c1-9(2)11-14(3,4)7-18(11)13(19)17-10-6-15-8-16-12(10)20-5/h6,8-9,11H,7H2,1-5H3,(H,17,19). The van der Waals surface area contributed by atoms with Crippen molar-refractivity contribution in [3.8, 4) is 5.88 Å². The topological polar surface area (TPSA) is 67.4 Å². The minimum Gasteiger partial charge on any atom is -0.479 e. The SMILES string of the molecule is COc1ncncc1NC(=O)N1CC(C)(C)C1C(C)C. The molecule has 2 rings (SSSR count). The van der Waals surface area contributed by atoms with Gasteiger partial charge >= 0.3 is 6.03 Å². The lowest BCUT2D eigenvalue weighted by Crippen LogP contribution is -2.66. The molecule has 0 spiro atoms. The molecule has 0 radical (unpaired) electrons. The van der Waals surface area contributed by atoms with Crippen molar-refractivity contribution in [3.05, 3.63) is 12.5 Å². The quantitative estimate of drug-likeness (QED) is 0.921. The van der Waals surface area contributed by atoms with Gasteiger partial charge in [0.1, 0.15) is 12.0 Å². The Kier molecular flexibility index (Phi) is 3.83. The maximum atomic E-state index is 12.4. The first kappa shape index (κ1) is 14.6. The number of carbonyl (C=O) groups excluding carboxylic acids is 1. The Bertz CT molecular complexity index is 502. The minimum absolute atomic E-state index is 0.129. The number of anilines is 1. The van der Waals surface area contributed by atoms with Gasteiger partial charge in [-0.15, -0.1) is 0 Å². The van der Waals surface area contributed by atoms with Crippen LogP contribution in [-0.4, -0.2) is 40.6 Å². The number of rotatable bonds is 3. The van der Waals surface area contributed by atoms with Gasteiger partial charge in [0.25, 0.3) is 0 Å². The van der Waals surface area contributed by atoms with E-state index in [0.717, 1.165) is 6.54 Å². The molecule has 0 saturated carbocycles. The third-order valence-corrected chi connectivity index (χ3v) is 3.72. The summed E-state index contributed by atoms with van der Waals surface area (Å²) in [5, 5.41) is 2.82. The number of nitrogens with one attached hydrogen (secondary N) is 1. The van der Waals surface area contributed by atoms with Crippen LogP contribution in [-0.2, 0) is 0 Å². The molecule has 110 valence electrons. The van der Waals surface area contributed by atoms with Crippen molar-refractivity contribution < 1.29 is 9.53 Å². The van der Waals surface area contributed by atoms with Gasteiger partial charge in [-0.05, 0) is 5.92 Å². The fourth-order valence-corrected chi connectivity index (χ4v) is 3.15. The maximum Gasteiger partial charge on any atom is 0.322 e. The predicted molar refractivity (Wildman–Crippen MR) is 76.7 cm³/mol. The Morgan fingerprint density at radius 3 is 2.80 bits per heavy atom. The summed E-state index contributed by atoms with van der Waals surface area (Å²) in [4.78, 5) is 22.1. The van der Waals surface area contributed by atoms with Gasteiger partial charge < -0.3 is 15.0 Å². The maximum absolute atomic E-state index is 12.4. The van der Waals surface area contributed by atoms with E-state index in [9.17, 15) is 4.79 Å². The van der Waals surface area contributed by atoms with E-state index in [0.29, 0.717) is 17.5 Å². The summed E-state index contributed by atoms with van der Waals surface area (Å²) >= 11 is 0. The average molecular weight is 278 g/mol. The number of hydrogen-bond acceptors (Lipinski definition) is 4. The van der Waals surface area contributed by atoms with Crippen LogP contribution in [0.15, 0.2) is 12.5 Å². The molecule has 2 amide bonds. The van der Waals surface area contributed by atoms with Crippen LogP contribution in [0.1, 0.15) is 27.7 Å². The Balaban J connectivity index is 2.10. The summed E-state index contributed by atoms with van der Waals surface area (Å²) in [5.74, 6) is 0.785. The summed E-state index contributed by atoms with van der Waals surface area (Å²) < 4.78 is 5.11. The number of likely N-dealkylation sites (tertiary alicyclic amines) is 1. The molecule has 1 aromatic heterocycles. The molecule has 1 fully saturated rings. The molecule has 0 aromatic carbocycles. The van der Waals surface area contributed by atoms with E-state index in [4.69, 9.17) is 4.74 Å². The number of amides is 2. The number of urea groups is 1. The molecular weight excluding hydrogens is 256 g/mol. The van der Waals surface area contributed by atoms with Crippen LogP contribution in [0.5, 0.6) is 5.88 Å². The number of aromatic nitrogens is 2. The van der Waals surface area contributed by atoms with Crippen LogP contribution in [0.4, 0.5) is 10.5 Å². The van der Waals surface area contributed by atoms with E-state index in [1.807, 2.05) is 4.90 Å². The van der Waals surface area contributed by atoms with Crippen molar-refractivity contribution in [2.75, 3.05) is 19.0 Å². The fraction of sp³-hybridized carbons (Fsp3) is 0.643. The fourth-order valence-electron chi connectivity index (χ4n) is 3.15. The summed E-state index contributed by atoms with van der Waals surface area (Å²) in [5.41, 5.74) is 0.648. The van der Waals surface area contributed by atoms with Crippen LogP contribution in [0.3, 0.4) is 0 Å². The summed E-state index contributed by atoms with van der Waals surface area (Å²) in [6.45, 7) is 9.40. The number of nitrogens with zero attached hydrogens (tertiary/aromatic N) is 3. The molecule has 0 aliphatic carbocycles. The molecule has 1 aliphatic heterocycles. The van der Waals surface area contributed by atoms with Gasteiger partial charge in [-0.2, -0.15) is 4.98 Å². The van der Waals surface area contributed by atoms with Crippen molar-refractivity contribution in [1.82, 2.24) is 14.9 Å². The molecule has 20 heavy (non-hydrogen) atoms. The van der Waals surface area contributed by atoms with E-state index in [1.165, 1.54) is 13.4 Å². The van der Waals surface area contributed by atoms with Gasteiger partial charge in [0.15, 0.2) is 0 Å². The first-order valence-electron chi connectivity index (χ1n) is 6.78. The van der Waals surface area contributed by atoms with Crippen LogP contribution >= 0.6 is 0 Å². The van der Waals surface area contributed by atoms with E-state index in [2.05, 4.69) is 43.0 Å². The molecule has 0 bridgehead atoms. The Morgan fingerprint density at radius 1 is 1.55 bits per heavy atom.